The summed E-state index contributed by atoms with van der Waals surface area (Å²) < 4.78 is 10.4. The van der Waals surface area contributed by atoms with E-state index >= 15 is 0 Å². The minimum atomic E-state index is -0.323. The van der Waals surface area contributed by atoms with Crippen molar-refractivity contribution in [3.8, 4) is 0 Å². The molecule has 6 nitrogen and oxygen atoms in total. The topological polar surface area (TPSA) is 59.1 Å². The molecular formula is C14H26N2O4. The quantitative estimate of drug-likeness (QED) is 0.782. The smallest absolute Gasteiger partial charge is 0.410 e. The normalized spacial score (nSPS) is 23.2. The van der Waals surface area contributed by atoms with Gasteiger partial charge in [-0.3, -0.25) is 0 Å². The van der Waals surface area contributed by atoms with Gasteiger partial charge in [0.05, 0.1) is 24.3 Å². The lowest BCUT2D eigenvalue weighted by Crippen LogP contribution is -2.60. The lowest BCUT2D eigenvalue weighted by atomic mass is 10.1. The summed E-state index contributed by atoms with van der Waals surface area (Å²) in [6.45, 7) is 12.0. The lowest BCUT2D eigenvalue weighted by Gasteiger charge is -2.43. The predicted molar refractivity (Wildman–Crippen MR) is 75.6 cm³/mol. The van der Waals surface area contributed by atoms with Crippen LogP contribution in [0.15, 0.2) is 0 Å². The van der Waals surface area contributed by atoms with Gasteiger partial charge in [-0.2, -0.15) is 0 Å². The average molecular weight is 286 g/mol. The number of rotatable bonds is 2. The number of carbonyl (C=O) groups excluding carboxylic acids is 2. The zero-order valence-electron chi connectivity index (χ0n) is 13.3. The highest BCUT2D eigenvalue weighted by Gasteiger charge is 2.36. The fourth-order valence-electron chi connectivity index (χ4n) is 2.17. The van der Waals surface area contributed by atoms with Gasteiger partial charge in [0, 0.05) is 13.1 Å². The van der Waals surface area contributed by atoms with Crippen molar-refractivity contribution in [2.75, 3.05) is 13.1 Å². The second-order valence-corrected chi connectivity index (χ2v) is 5.87. The Morgan fingerprint density at radius 3 is 1.40 bits per heavy atom. The Morgan fingerprint density at radius 2 is 1.15 bits per heavy atom. The second kappa shape index (κ2) is 6.81. The van der Waals surface area contributed by atoms with E-state index in [9.17, 15) is 9.59 Å². The third-order valence-electron chi connectivity index (χ3n) is 3.13. The summed E-state index contributed by atoms with van der Waals surface area (Å²) in [5.74, 6) is 0. The number of nitrogens with zero attached hydrogens (tertiary/aromatic N) is 2. The van der Waals surface area contributed by atoms with Crippen LogP contribution in [0.5, 0.6) is 0 Å². The first kappa shape index (κ1) is 16.6. The summed E-state index contributed by atoms with van der Waals surface area (Å²) in [4.78, 5) is 27.3. The number of amides is 2. The van der Waals surface area contributed by atoms with Crippen molar-refractivity contribution in [1.29, 1.82) is 0 Å². The molecule has 2 atom stereocenters. The Kier molecular flexibility index (Phi) is 5.65. The maximum absolute atomic E-state index is 12.0. The summed E-state index contributed by atoms with van der Waals surface area (Å²) in [6, 6.07) is -0.172. The molecular weight excluding hydrogens is 260 g/mol. The van der Waals surface area contributed by atoms with Crippen molar-refractivity contribution >= 4 is 12.2 Å². The fraction of sp³-hybridized carbons (Fsp3) is 0.857. The Balaban J connectivity index is 2.66. The van der Waals surface area contributed by atoms with Crippen LogP contribution in [-0.4, -0.2) is 59.4 Å². The van der Waals surface area contributed by atoms with Crippen molar-refractivity contribution in [3.63, 3.8) is 0 Å². The van der Waals surface area contributed by atoms with Gasteiger partial charge in [-0.1, -0.05) is 0 Å². The maximum atomic E-state index is 12.0. The van der Waals surface area contributed by atoms with Crippen LogP contribution in [-0.2, 0) is 9.47 Å². The second-order valence-electron chi connectivity index (χ2n) is 5.87. The van der Waals surface area contributed by atoms with E-state index in [4.69, 9.17) is 9.47 Å². The van der Waals surface area contributed by atoms with Crippen LogP contribution in [0.4, 0.5) is 9.59 Å². The number of hydrogen-bond donors (Lipinski definition) is 0. The van der Waals surface area contributed by atoms with Crippen LogP contribution < -0.4 is 0 Å². The molecule has 0 N–H and O–H groups in total. The molecule has 20 heavy (non-hydrogen) atoms. The van der Waals surface area contributed by atoms with Crippen molar-refractivity contribution in [2.45, 2.75) is 65.8 Å². The van der Waals surface area contributed by atoms with Crippen LogP contribution in [0, 0.1) is 0 Å². The molecule has 0 aromatic rings. The van der Waals surface area contributed by atoms with Crippen LogP contribution in [0.1, 0.15) is 41.5 Å². The summed E-state index contributed by atoms with van der Waals surface area (Å²) in [5.41, 5.74) is 0. The van der Waals surface area contributed by atoms with E-state index in [0.717, 1.165) is 0 Å². The summed E-state index contributed by atoms with van der Waals surface area (Å²) in [7, 11) is 0. The lowest BCUT2D eigenvalue weighted by molar-refractivity contribution is 0.00589. The van der Waals surface area contributed by atoms with E-state index in [2.05, 4.69) is 0 Å². The molecule has 0 aromatic heterocycles. The zero-order valence-corrected chi connectivity index (χ0v) is 13.3. The first-order valence-corrected chi connectivity index (χ1v) is 7.16. The molecule has 0 spiro atoms. The summed E-state index contributed by atoms with van der Waals surface area (Å²) in [6.07, 6.45) is -0.935. The van der Waals surface area contributed by atoms with Crippen LogP contribution in [0.25, 0.3) is 0 Å². The third kappa shape index (κ3) is 4.28. The van der Waals surface area contributed by atoms with Gasteiger partial charge in [-0.25, -0.2) is 9.59 Å². The first-order valence-electron chi connectivity index (χ1n) is 7.16. The molecule has 0 aromatic carbocycles. The van der Waals surface area contributed by atoms with E-state index in [1.54, 1.807) is 9.80 Å². The largest absolute Gasteiger partial charge is 0.447 e. The average Bonchev–Trinajstić information content (AvgIpc) is 2.29. The molecule has 1 fully saturated rings. The Hall–Kier alpha value is -1.46. The SMILES string of the molecule is CC(C)OC(=O)N1CC(C)N(C(=O)OC(C)C)CC1C. The number of ether oxygens (including phenoxy) is 2. The van der Waals surface area contributed by atoms with E-state index in [0.29, 0.717) is 13.1 Å². The van der Waals surface area contributed by atoms with Gasteiger partial charge in [0.2, 0.25) is 0 Å². The molecule has 0 radical (unpaired) electrons. The van der Waals surface area contributed by atoms with Crippen LogP contribution >= 0.6 is 0 Å². The van der Waals surface area contributed by atoms with Crippen LogP contribution in [0.2, 0.25) is 0 Å². The van der Waals surface area contributed by atoms with E-state index in [1.165, 1.54) is 0 Å². The fourth-order valence-corrected chi connectivity index (χ4v) is 2.17. The van der Waals surface area contributed by atoms with E-state index < -0.39 is 0 Å². The Bertz CT molecular complexity index is 323. The minimum absolute atomic E-state index is 0.0860. The zero-order chi connectivity index (χ0) is 15.4. The molecule has 0 bridgehead atoms. The predicted octanol–water partition coefficient (Wildman–Crippen LogP) is 2.47. The highest BCUT2D eigenvalue weighted by Crippen LogP contribution is 2.18. The standard InChI is InChI=1S/C14H26N2O4/c1-9(2)19-13(17)15-7-12(6)16(8-11(15)5)14(18)20-10(3)4/h9-12H,7-8H2,1-6H3. The molecule has 1 aliphatic rings. The van der Waals surface area contributed by atoms with Crippen molar-refractivity contribution < 1.29 is 19.1 Å². The van der Waals surface area contributed by atoms with Gasteiger partial charge in [0.1, 0.15) is 0 Å². The van der Waals surface area contributed by atoms with Crippen molar-refractivity contribution in [2.24, 2.45) is 0 Å². The molecule has 1 saturated heterocycles. The van der Waals surface area contributed by atoms with Crippen LogP contribution in [0.3, 0.4) is 0 Å². The van der Waals surface area contributed by atoms with Gasteiger partial charge in [0.25, 0.3) is 0 Å². The minimum Gasteiger partial charge on any atom is -0.447 e. The molecule has 2 amide bonds. The highest BCUT2D eigenvalue weighted by atomic mass is 16.6. The number of carbonyl (C=O) groups is 2. The van der Waals surface area contributed by atoms with Crippen molar-refractivity contribution in [3.05, 3.63) is 0 Å². The Labute approximate surface area is 121 Å². The van der Waals surface area contributed by atoms with Gasteiger partial charge in [-0.05, 0) is 41.5 Å². The van der Waals surface area contributed by atoms with Crippen molar-refractivity contribution in [1.82, 2.24) is 9.80 Å². The first-order chi connectivity index (χ1) is 9.22. The molecule has 0 aliphatic carbocycles. The molecule has 6 heteroatoms. The van der Waals surface area contributed by atoms with Gasteiger partial charge < -0.3 is 19.3 Å². The van der Waals surface area contributed by atoms with E-state index in [1.807, 2.05) is 41.5 Å². The van der Waals surface area contributed by atoms with Gasteiger partial charge >= 0.3 is 12.2 Å². The van der Waals surface area contributed by atoms with Gasteiger partial charge in [0.15, 0.2) is 0 Å². The summed E-state index contributed by atoms with van der Waals surface area (Å²) in [5, 5.41) is 0. The molecule has 0 saturated carbocycles. The third-order valence-corrected chi connectivity index (χ3v) is 3.13. The highest BCUT2D eigenvalue weighted by molar-refractivity contribution is 5.71. The molecule has 2 unspecified atom stereocenters. The molecule has 1 heterocycles. The maximum Gasteiger partial charge on any atom is 0.410 e. The molecule has 1 aliphatic heterocycles. The Morgan fingerprint density at radius 1 is 0.850 bits per heavy atom. The van der Waals surface area contributed by atoms with Gasteiger partial charge in [-0.15, -0.1) is 0 Å². The number of piperazine rings is 1. The number of hydrogen-bond acceptors (Lipinski definition) is 4. The monoisotopic (exact) mass is 286 g/mol. The molecule has 1 rings (SSSR count). The summed E-state index contributed by atoms with van der Waals surface area (Å²) >= 11 is 0. The van der Waals surface area contributed by atoms with E-state index in [-0.39, 0.29) is 36.5 Å². The molecule has 116 valence electrons.